The normalized spacial score (nSPS) is 14.0. The van der Waals surface area contributed by atoms with E-state index in [9.17, 15) is 14.7 Å². The fourth-order valence-electron chi connectivity index (χ4n) is 6.12. The molecule has 8 nitrogen and oxygen atoms in total. The first-order valence-electron chi connectivity index (χ1n) is 16.1. The molecule has 9 heteroatoms. The lowest BCUT2D eigenvalue weighted by Gasteiger charge is -2.32. The minimum atomic E-state index is -0.146. The third-order valence-corrected chi connectivity index (χ3v) is 9.68. The van der Waals surface area contributed by atoms with Crippen molar-refractivity contribution in [2.45, 2.75) is 38.1 Å². The summed E-state index contributed by atoms with van der Waals surface area (Å²) in [6, 6.07) is 30.5. The van der Waals surface area contributed by atoms with Gasteiger partial charge in [0.25, 0.3) is 0 Å². The number of anilines is 1. The first-order valence-corrected chi connectivity index (χ1v) is 16.9. The van der Waals surface area contributed by atoms with Crippen molar-refractivity contribution < 1.29 is 9.90 Å². The van der Waals surface area contributed by atoms with Crippen molar-refractivity contribution in [1.29, 1.82) is 0 Å². The molecule has 46 heavy (non-hydrogen) atoms. The summed E-state index contributed by atoms with van der Waals surface area (Å²) < 4.78 is 0.840. The molecule has 2 heterocycles. The van der Waals surface area contributed by atoms with Crippen LogP contribution >= 0.6 is 11.3 Å². The van der Waals surface area contributed by atoms with Crippen LogP contribution in [0.2, 0.25) is 0 Å². The minimum Gasteiger partial charge on any atom is -0.506 e. The Labute approximate surface area is 273 Å². The molecule has 0 spiro atoms. The standard InChI is InChI=1S/C37H41N5O3S/c43-33-15-14-29(35-34(33)41-37(45)46-35)17-22-38-21-16-26-10-12-27(13-11-26)18-23-42-24-19-30(20-25-42)39-36(44)40-32-9-5-4-8-31(32)28-6-2-1-3-7-28/h1-15,30,38,43H,16-25H2,(H,41,45)(H2,39,40,44). The number of thiazole rings is 1. The topological polar surface area (TPSA) is 109 Å². The molecule has 238 valence electrons. The van der Waals surface area contributed by atoms with E-state index in [4.69, 9.17) is 0 Å². The maximum absolute atomic E-state index is 12.8. The number of aromatic nitrogens is 1. The van der Waals surface area contributed by atoms with Crippen LogP contribution in [-0.4, -0.2) is 59.8 Å². The number of aromatic amines is 1. The number of piperidine rings is 1. The van der Waals surface area contributed by atoms with Gasteiger partial charge in [-0.15, -0.1) is 0 Å². The SMILES string of the molecule is O=C(Nc1ccccc1-c1ccccc1)NC1CCN(CCc2ccc(CCNCCc3ccc(O)c4[nH]c(=O)sc34)cc2)CC1. The lowest BCUT2D eigenvalue weighted by Crippen LogP contribution is -2.46. The highest BCUT2D eigenvalue weighted by atomic mass is 32.1. The summed E-state index contributed by atoms with van der Waals surface area (Å²) in [6.07, 6.45) is 4.66. The fourth-order valence-corrected chi connectivity index (χ4v) is 7.01. The van der Waals surface area contributed by atoms with Crippen molar-refractivity contribution in [1.82, 2.24) is 20.5 Å². The quantitative estimate of drug-likeness (QED) is 0.106. The largest absolute Gasteiger partial charge is 0.506 e. The Morgan fingerprint density at radius 2 is 1.54 bits per heavy atom. The average molecular weight is 636 g/mol. The number of fused-ring (bicyclic) bond motifs is 1. The van der Waals surface area contributed by atoms with Gasteiger partial charge in [-0.2, -0.15) is 0 Å². The molecule has 4 aromatic carbocycles. The van der Waals surface area contributed by atoms with Gasteiger partial charge < -0.3 is 30.9 Å². The van der Waals surface area contributed by atoms with Crippen LogP contribution in [0.15, 0.2) is 95.8 Å². The van der Waals surface area contributed by atoms with Crippen LogP contribution in [0.25, 0.3) is 21.3 Å². The number of H-pyrrole nitrogens is 1. The molecule has 0 saturated carbocycles. The molecule has 1 aliphatic rings. The molecule has 0 aliphatic carbocycles. The Hall–Kier alpha value is -4.44. The number of hydrogen-bond acceptors (Lipinski definition) is 6. The monoisotopic (exact) mass is 635 g/mol. The Bertz CT molecular complexity index is 1790. The molecule has 1 aliphatic heterocycles. The van der Waals surface area contributed by atoms with E-state index in [0.717, 1.165) is 103 Å². The van der Waals surface area contributed by atoms with Gasteiger partial charge in [-0.05, 0) is 79.6 Å². The van der Waals surface area contributed by atoms with E-state index in [0.29, 0.717) is 5.52 Å². The van der Waals surface area contributed by atoms with Gasteiger partial charge in [0.1, 0.15) is 11.3 Å². The molecule has 0 radical (unpaired) electrons. The van der Waals surface area contributed by atoms with Crippen LogP contribution in [0.5, 0.6) is 5.75 Å². The first kappa shape index (κ1) is 31.5. The number of rotatable bonds is 12. The summed E-state index contributed by atoms with van der Waals surface area (Å²) in [5, 5.41) is 19.7. The van der Waals surface area contributed by atoms with E-state index < -0.39 is 0 Å². The zero-order chi connectivity index (χ0) is 31.7. The maximum atomic E-state index is 12.8. The van der Waals surface area contributed by atoms with Crippen LogP contribution in [0.3, 0.4) is 0 Å². The second-order valence-corrected chi connectivity index (χ2v) is 12.9. The Balaban J connectivity index is 0.873. The zero-order valence-corrected chi connectivity index (χ0v) is 26.7. The second-order valence-electron chi connectivity index (χ2n) is 11.9. The minimum absolute atomic E-state index is 0.120. The molecule has 6 rings (SSSR count). The number of carbonyl (C=O) groups is 1. The summed E-state index contributed by atoms with van der Waals surface area (Å²) in [7, 11) is 0. The van der Waals surface area contributed by atoms with E-state index in [2.05, 4.69) is 62.2 Å². The number of urea groups is 1. The van der Waals surface area contributed by atoms with Gasteiger partial charge in [0, 0.05) is 31.2 Å². The molecular weight excluding hydrogens is 595 g/mol. The third kappa shape index (κ3) is 8.23. The number of hydrogen-bond donors (Lipinski definition) is 5. The Morgan fingerprint density at radius 1 is 0.848 bits per heavy atom. The van der Waals surface area contributed by atoms with E-state index in [1.54, 1.807) is 6.07 Å². The number of benzene rings is 4. The van der Waals surface area contributed by atoms with Crippen LogP contribution in [0.1, 0.15) is 29.5 Å². The maximum Gasteiger partial charge on any atom is 0.319 e. The molecule has 0 atom stereocenters. The third-order valence-electron chi connectivity index (χ3n) is 8.72. The van der Waals surface area contributed by atoms with Crippen molar-refractivity contribution in [3.8, 4) is 16.9 Å². The number of likely N-dealkylation sites (tertiary alicyclic amines) is 1. The van der Waals surface area contributed by atoms with Gasteiger partial charge >= 0.3 is 10.9 Å². The fraction of sp³-hybridized carbons (Fsp3) is 0.297. The summed E-state index contributed by atoms with van der Waals surface area (Å²) in [5.41, 5.74) is 7.17. The second kappa shape index (κ2) is 15.2. The molecule has 5 aromatic rings. The van der Waals surface area contributed by atoms with Crippen LogP contribution in [0, 0.1) is 0 Å². The van der Waals surface area contributed by atoms with E-state index in [1.807, 2.05) is 48.5 Å². The first-order chi connectivity index (χ1) is 22.5. The number of aromatic hydroxyl groups is 1. The highest BCUT2D eigenvalue weighted by molar-refractivity contribution is 7.16. The molecule has 5 N–H and O–H groups in total. The van der Waals surface area contributed by atoms with Gasteiger partial charge in [0.2, 0.25) is 0 Å². The number of nitrogens with one attached hydrogen (secondary N) is 4. The average Bonchev–Trinajstić information content (AvgIpc) is 3.49. The molecule has 2 amide bonds. The smallest absolute Gasteiger partial charge is 0.319 e. The van der Waals surface area contributed by atoms with Crippen molar-refractivity contribution in [3.05, 3.63) is 117 Å². The Morgan fingerprint density at radius 3 is 2.33 bits per heavy atom. The van der Waals surface area contributed by atoms with Crippen LogP contribution < -0.4 is 20.8 Å². The van der Waals surface area contributed by atoms with E-state index in [-0.39, 0.29) is 22.7 Å². The van der Waals surface area contributed by atoms with Gasteiger partial charge in [-0.3, -0.25) is 4.79 Å². The van der Waals surface area contributed by atoms with Gasteiger partial charge in [-0.25, -0.2) is 4.79 Å². The summed E-state index contributed by atoms with van der Waals surface area (Å²) >= 11 is 1.15. The molecular formula is C37H41N5O3S. The number of para-hydroxylation sites is 1. The number of nitrogens with zero attached hydrogens (tertiary/aromatic N) is 1. The van der Waals surface area contributed by atoms with Gasteiger partial charge in [0.05, 0.1) is 10.4 Å². The summed E-state index contributed by atoms with van der Waals surface area (Å²) in [6.45, 7) is 4.67. The highest BCUT2D eigenvalue weighted by Gasteiger charge is 2.21. The van der Waals surface area contributed by atoms with E-state index in [1.165, 1.54) is 11.1 Å². The number of amides is 2. The highest BCUT2D eigenvalue weighted by Crippen LogP contribution is 2.29. The predicted molar refractivity (Wildman–Crippen MR) is 188 cm³/mol. The van der Waals surface area contributed by atoms with E-state index >= 15 is 0 Å². The summed E-state index contributed by atoms with van der Waals surface area (Å²) in [5.74, 6) is 0.120. The van der Waals surface area contributed by atoms with Crippen molar-refractivity contribution in [2.75, 3.05) is 38.0 Å². The van der Waals surface area contributed by atoms with Gasteiger partial charge in [-0.1, -0.05) is 90.2 Å². The molecule has 0 bridgehead atoms. The number of phenolic OH excluding ortho intramolecular Hbond substituents is 1. The Kier molecular flexibility index (Phi) is 10.4. The van der Waals surface area contributed by atoms with Crippen LogP contribution in [0.4, 0.5) is 10.5 Å². The molecule has 1 saturated heterocycles. The van der Waals surface area contributed by atoms with Gasteiger partial charge in [0.15, 0.2) is 0 Å². The molecule has 1 fully saturated rings. The number of carbonyl (C=O) groups excluding carboxylic acids is 1. The number of phenols is 1. The van der Waals surface area contributed by atoms with Crippen LogP contribution in [-0.2, 0) is 19.3 Å². The van der Waals surface area contributed by atoms with Crippen molar-refractivity contribution in [3.63, 3.8) is 0 Å². The lowest BCUT2D eigenvalue weighted by atomic mass is 10.0. The zero-order valence-electron chi connectivity index (χ0n) is 25.9. The predicted octanol–water partition coefficient (Wildman–Crippen LogP) is 6.17. The lowest BCUT2D eigenvalue weighted by molar-refractivity contribution is 0.197. The molecule has 0 unspecified atom stereocenters. The van der Waals surface area contributed by atoms with Crippen molar-refractivity contribution in [2.24, 2.45) is 0 Å². The van der Waals surface area contributed by atoms with Crippen molar-refractivity contribution >= 4 is 33.3 Å². The molecule has 1 aromatic heterocycles. The summed E-state index contributed by atoms with van der Waals surface area (Å²) in [4.78, 5) is 29.6.